The first-order valence-corrected chi connectivity index (χ1v) is 7.19. The molecular weight excluding hydrogens is 260 g/mol. The molecule has 2 fully saturated rings. The lowest BCUT2D eigenvalue weighted by Gasteiger charge is -2.40. The van der Waals surface area contributed by atoms with Crippen LogP contribution >= 0.6 is 0 Å². The molecule has 0 aromatic heterocycles. The molecule has 0 aromatic carbocycles. The molecule has 2 heterocycles. The molecule has 2 aliphatic heterocycles. The number of piperidine rings is 1. The molecule has 2 saturated heterocycles. The zero-order valence-electron chi connectivity index (χ0n) is 12.0. The largest absolute Gasteiger partial charge is 0.481 e. The maximum absolute atomic E-state index is 12.4. The third-order valence-corrected chi connectivity index (χ3v) is 4.34. The zero-order valence-corrected chi connectivity index (χ0v) is 12.0. The maximum Gasteiger partial charge on any atom is 0.303 e. The van der Waals surface area contributed by atoms with E-state index in [2.05, 4.69) is 5.32 Å². The Morgan fingerprint density at radius 3 is 2.25 bits per heavy atom. The lowest BCUT2D eigenvalue weighted by Crippen LogP contribution is -2.53. The van der Waals surface area contributed by atoms with Crippen LogP contribution in [0.15, 0.2) is 0 Å². The highest BCUT2D eigenvalue weighted by molar-refractivity contribution is 5.87. The van der Waals surface area contributed by atoms with Crippen LogP contribution < -0.4 is 5.32 Å². The van der Waals surface area contributed by atoms with Gasteiger partial charge < -0.3 is 15.3 Å². The fourth-order valence-corrected chi connectivity index (χ4v) is 3.65. The number of hydrogen-bond acceptors (Lipinski definition) is 3. The van der Waals surface area contributed by atoms with Gasteiger partial charge in [0.1, 0.15) is 6.04 Å². The summed E-state index contributed by atoms with van der Waals surface area (Å²) in [6.45, 7) is 3.10. The van der Waals surface area contributed by atoms with Crippen LogP contribution in [0.5, 0.6) is 0 Å². The molecule has 3 atom stereocenters. The van der Waals surface area contributed by atoms with Crippen molar-refractivity contribution in [2.45, 2.75) is 64.1 Å². The molecule has 6 heteroatoms. The van der Waals surface area contributed by atoms with Crippen LogP contribution in [-0.4, -0.2) is 45.9 Å². The van der Waals surface area contributed by atoms with E-state index in [1.807, 2.05) is 4.90 Å². The van der Waals surface area contributed by atoms with Gasteiger partial charge >= 0.3 is 5.97 Å². The molecule has 2 amide bonds. The molecule has 0 spiro atoms. The Labute approximate surface area is 118 Å². The van der Waals surface area contributed by atoms with E-state index in [1.54, 1.807) is 6.92 Å². The van der Waals surface area contributed by atoms with Gasteiger partial charge in [0.15, 0.2) is 0 Å². The number of nitrogens with zero attached hydrogens (tertiary/aromatic N) is 1. The molecule has 20 heavy (non-hydrogen) atoms. The van der Waals surface area contributed by atoms with E-state index in [-0.39, 0.29) is 36.2 Å². The molecule has 2 aliphatic rings. The van der Waals surface area contributed by atoms with Crippen molar-refractivity contribution in [3.8, 4) is 0 Å². The topological polar surface area (TPSA) is 86.7 Å². The van der Waals surface area contributed by atoms with Crippen LogP contribution in [0.2, 0.25) is 0 Å². The van der Waals surface area contributed by atoms with E-state index in [9.17, 15) is 14.4 Å². The number of aliphatic carboxylic acids is 1. The molecule has 2 N–H and O–H groups in total. The number of carboxylic acids is 1. The molecule has 3 unspecified atom stereocenters. The predicted molar refractivity (Wildman–Crippen MR) is 71.9 cm³/mol. The van der Waals surface area contributed by atoms with Crippen LogP contribution in [0, 0.1) is 5.92 Å². The van der Waals surface area contributed by atoms with E-state index in [0.29, 0.717) is 0 Å². The second-order valence-corrected chi connectivity index (χ2v) is 5.99. The molecule has 0 aliphatic carbocycles. The monoisotopic (exact) mass is 282 g/mol. The van der Waals surface area contributed by atoms with E-state index in [1.165, 1.54) is 6.92 Å². The number of fused-ring (bicyclic) bond motifs is 2. The Kier molecular flexibility index (Phi) is 4.30. The quantitative estimate of drug-likeness (QED) is 0.797. The van der Waals surface area contributed by atoms with Gasteiger partial charge in [0, 0.05) is 25.4 Å². The average molecular weight is 282 g/mol. The number of amides is 2. The second-order valence-electron chi connectivity index (χ2n) is 5.99. The Hall–Kier alpha value is -1.59. The number of carbonyl (C=O) groups is 3. The van der Waals surface area contributed by atoms with Gasteiger partial charge in [0.2, 0.25) is 11.8 Å². The van der Waals surface area contributed by atoms with Crippen LogP contribution in [-0.2, 0) is 14.4 Å². The van der Waals surface area contributed by atoms with Gasteiger partial charge in [0.05, 0.1) is 0 Å². The number of nitrogens with one attached hydrogen (secondary N) is 1. The SMILES string of the molecule is CC(=O)NC(C)C(=O)N1C2CCC1CC(CC(=O)O)C2. The van der Waals surface area contributed by atoms with Gasteiger partial charge in [-0.1, -0.05) is 0 Å². The van der Waals surface area contributed by atoms with Crippen molar-refractivity contribution in [1.29, 1.82) is 0 Å². The fourth-order valence-electron chi connectivity index (χ4n) is 3.65. The third-order valence-electron chi connectivity index (χ3n) is 4.34. The number of hydrogen-bond donors (Lipinski definition) is 2. The van der Waals surface area contributed by atoms with Crippen molar-refractivity contribution in [2.75, 3.05) is 0 Å². The molecule has 0 saturated carbocycles. The summed E-state index contributed by atoms with van der Waals surface area (Å²) in [5, 5.41) is 11.5. The summed E-state index contributed by atoms with van der Waals surface area (Å²) in [6, 6.07) is -0.227. The maximum atomic E-state index is 12.4. The van der Waals surface area contributed by atoms with Crippen molar-refractivity contribution in [1.82, 2.24) is 10.2 Å². The molecule has 2 rings (SSSR count). The Bertz CT molecular complexity index is 409. The van der Waals surface area contributed by atoms with E-state index >= 15 is 0 Å². The average Bonchev–Trinajstić information content (AvgIpc) is 2.58. The van der Waals surface area contributed by atoms with Crippen molar-refractivity contribution in [3.63, 3.8) is 0 Å². The fraction of sp³-hybridized carbons (Fsp3) is 0.786. The van der Waals surface area contributed by atoms with Gasteiger partial charge in [-0.15, -0.1) is 0 Å². The summed E-state index contributed by atoms with van der Waals surface area (Å²) in [6.07, 6.45) is 3.61. The van der Waals surface area contributed by atoms with Crippen molar-refractivity contribution in [2.24, 2.45) is 5.92 Å². The smallest absolute Gasteiger partial charge is 0.303 e. The highest BCUT2D eigenvalue weighted by Crippen LogP contribution is 2.40. The number of carbonyl (C=O) groups excluding carboxylic acids is 2. The summed E-state index contributed by atoms with van der Waals surface area (Å²) >= 11 is 0. The van der Waals surface area contributed by atoms with Gasteiger partial charge in [-0.05, 0) is 38.5 Å². The summed E-state index contributed by atoms with van der Waals surface area (Å²) < 4.78 is 0. The molecule has 6 nitrogen and oxygen atoms in total. The van der Waals surface area contributed by atoms with E-state index in [0.717, 1.165) is 25.7 Å². The second kappa shape index (κ2) is 5.81. The van der Waals surface area contributed by atoms with Crippen LogP contribution in [0.3, 0.4) is 0 Å². The van der Waals surface area contributed by atoms with Gasteiger partial charge in [-0.2, -0.15) is 0 Å². The lowest BCUT2D eigenvalue weighted by atomic mass is 9.88. The third kappa shape index (κ3) is 3.11. The van der Waals surface area contributed by atoms with Crippen molar-refractivity contribution >= 4 is 17.8 Å². The number of rotatable bonds is 4. The van der Waals surface area contributed by atoms with Crippen LogP contribution in [0.1, 0.15) is 46.0 Å². The summed E-state index contributed by atoms with van der Waals surface area (Å²) in [4.78, 5) is 36.2. The van der Waals surface area contributed by atoms with Crippen LogP contribution in [0.25, 0.3) is 0 Å². The van der Waals surface area contributed by atoms with Crippen molar-refractivity contribution in [3.05, 3.63) is 0 Å². The van der Waals surface area contributed by atoms with E-state index in [4.69, 9.17) is 5.11 Å². The zero-order chi connectivity index (χ0) is 14.9. The first kappa shape index (κ1) is 14.8. The Balaban J connectivity index is 2.00. The minimum absolute atomic E-state index is 0.0403. The van der Waals surface area contributed by atoms with Gasteiger partial charge in [-0.25, -0.2) is 0 Å². The first-order chi connectivity index (χ1) is 9.38. The minimum Gasteiger partial charge on any atom is -0.481 e. The minimum atomic E-state index is -0.763. The predicted octanol–water partition coefficient (Wildman–Crippen LogP) is 0.755. The molecular formula is C14H22N2O4. The normalized spacial score (nSPS) is 29.9. The first-order valence-electron chi connectivity index (χ1n) is 7.19. The number of carboxylic acid groups (broad SMARTS) is 1. The summed E-state index contributed by atoms with van der Waals surface area (Å²) in [5.41, 5.74) is 0. The van der Waals surface area contributed by atoms with E-state index < -0.39 is 12.0 Å². The Morgan fingerprint density at radius 1 is 1.25 bits per heavy atom. The standard InChI is InChI=1S/C14H22N2O4/c1-8(15-9(2)17)14(20)16-11-3-4-12(16)6-10(5-11)7-13(18)19/h8,10-12H,3-7H2,1-2H3,(H,15,17)(H,18,19). The summed E-state index contributed by atoms with van der Waals surface area (Å²) in [5.74, 6) is -0.841. The van der Waals surface area contributed by atoms with Crippen LogP contribution in [0.4, 0.5) is 0 Å². The molecule has 112 valence electrons. The lowest BCUT2D eigenvalue weighted by molar-refractivity contribution is -0.142. The van der Waals surface area contributed by atoms with Crippen molar-refractivity contribution < 1.29 is 19.5 Å². The van der Waals surface area contributed by atoms with Gasteiger partial charge in [-0.3, -0.25) is 14.4 Å². The Morgan fingerprint density at radius 2 is 1.80 bits per heavy atom. The molecule has 0 aromatic rings. The highest BCUT2D eigenvalue weighted by atomic mass is 16.4. The van der Waals surface area contributed by atoms with Gasteiger partial charge in [0.25, 0.3) is 0 Å². The molecule has 2 bridgehead atoms. The summed E-state index contributed by atoms with van der Waals surface area (Å²) in [7, 11) is 0. The highest BCUT2D eigenvalue weighted by Gasteiger charge is 2.44. The molecule has 0 radical (unpaired) electrons.